The van der Waals surface area contributed by atoms with Gasteiger partial charge in [0.2, 0.25) is 0 Å². The predicted octanol–water partition coefficient (Wildman–Crippen LogP) is 2.65. The Morgan fingerprint density at radius 2 is 1.93 bits per heavy atom. The van der Waals surface area contributed by atoms with Gasteiger partial charge in [0, 0.05) is 12.4 Å². The Bertz CT molecular complexity index is 375. The highest BCUT2D eigenvalue weighted by molar-refractivity contribution is 5.36. The van der Waals surface area contributed by atoms with Crippen LogP contribution in [-0.2, 0) is 0 Å². The van der Waals surface area contributed by atoms with Crippen molar-refractivity contribution in [3.05, 3.63) is 41.6 Å². The largest absolute Gasteiger partial charge is 0.264 e. The lowest BCUT2D eigenvalue weighted by Gasteiger charge is -1.85. The molecule has 0 atom stereocenters. The molecule has 0 N–H and O–H groups in total. The Labute approximate surface area is 92.9 Å². The maximum Gasteiger partial charge on any atom is 0.0346 e. The lowest BCUT2D eigenvalue weighted by Crippen LogP contribution is -2.23. The van der Waals surface area contributed by atoms with E-state index in [-0.39, 0.29) is 0 Å². The Morgan fingerprint density at radius 3 is 2.40 bits per heavy atom. The van der Waals surface area contributed by atoms with E-state index in [1.54, 1.807) is 12.3 Å². The molecular formula is C14H21N. The molecule has 0 saturated heterocycles. The maximum absolute atomic E-state index is 4.01. The lowest BCUT2D eigenvalue weighted by atomic mass is 10.3. The third-order valence-corrected chi connectivity index (χ3v) is 2.00. The molecular weight excluding hydrogens is 182 g/mol. The standard InChI is InChI=1S/C10H11N.C4H10/c1-3-5-10-8-11-7-6-9(10)4-2;1-3-4-2/h3-8H,1H2,2H3;3-4H2,1-2H3/b9-4-,10-5-;. The summed E-state index contributed by atoms with van der Waals surface area (Å²) in [6.07, 6.45) is 12.0. The van der Waals surface area contributed by atoms with E-state index in [2.05, 4.69) is 31.5 Å². The van der Waals surface area contributed by atoms with Gasteiger partial charge < -0.3 is 0 Å². The normalized spacial score (nSPS) is 11.9. The first-order valence-corrected chi connectivity index (χ1v) is 5.49. The van der Waals surface area contributed by atoms with Gasteiger partial charge in [-0.2, -0.15) is 0 Å². The molecule has 0 spiro atoms. The number of nitrogens with zero attached hydrogens (tertiary/aromatic N) is 1. The second kappa shape index (κ2) is 9.20. The van der Waals surface area contributed by atoms with Crippen molar-refractivity contribution in [1.29, 1.82) is 0 Å². The number of pyridine rings is 1. The highest BCUT2D eigenvalue weighted by Crippen LogP contribution is 1.76. The molecule has 0 fully saturated rings. The molecule has 0 saturated carbocycles. The SMILES string of the molecule is C=C/C=c1/cncc/c1=C/C.CCCC. The van der Waals surface area contributed by atoms with Crippen molar-refractivity contribution in [3.63, 3.8) is 0 Å². The van der Waals surface area contributed by atoms with E-state index >= 15 is 0 Å². The summed E-state index contributed by atoms with van der Waals surface area (Å²) in [7, 11) is 0. The second-order valence-corrected chi connectivity index (χ2v) is 3.20. The van der Waals surface area contributed by atoms with E-state index in [0.717, 1.165) is 5.22 Å². The van der Waals surface area contributed by atoms with Crippen LogP contribution in [0, 0.1) is 0 Å². The molecule has 0 aliphatic rings. The van der Waals surface area contributed by atoms with Crippen molar-refractivity contribution in [2.24, 2.45) is 0 Å². The van der Waals surface area contributed by atoms with E-state index in [1.165, 1.54) is 18.1 Å². The number of unbranched alkanes of at least 4 members (excludes halogenated alkanes) is 1. The van der Waals surface area contributed by atoms with Crippen LogP contribution in [0.5, 0.6) is 0 Å². The molecule has 1 heterocycles. The molecule has 0 amide bonds. The molecule has 1 nitrogen and oxygen atoms in total. The van der Waals surface area contributed by atoms with Crippen LogP contribution in [0.2, 0.25) is 0 Å². The van der Waals surface area contributed by atoms with Crippen LogP contribution in [0.15, 0.2) is 31.1 Å². The Balaban J connectivity index is 0.000000423. The minimum atomic E-state index is 1.12. The zero-order valence-corrected chi connectivity index (χ0v) is 10.0. The average Bonchev–Trinajstić information content (AvgIpc) is 2.30. The van der Waals surface area contributed by atoms with Crippen molar-refractivity contribution in [2.45, 2.75) is 33.6 Å². The summed E-state index contributed by atoms with van der Waals surface area (Å²) >= 11 is 0. The van der Waals surface area contributed by atoms with Crippen molar-refractivity contribution in [2.75, 3.05) is 0 Å². The molecule has 1 heteroatoms. The molecule has 0 unspecified atom stereocenters. The molecule has 82 valence electrons. The minimum absolute atomic E-state index is 1.12. The van der Waals surface area contributed by atoms with Gasteiger partial charge in [-0.15, -0.1) is 0 Å². The Kier molecular flexibility index (Phi) is 8.36. The molecule has 0 aliphatic heterocycles. The van der Waals surface area contributed by atoms with E-state index in [4.69, 9.17) is 0 Å². The van der Waals surface area contributed by atoms with Gasteiger partial charge >= 0.3 is 0 Å². The fraction of sp³-hybridized carbons (Fsp3) is 0.357. The summed E-state index contributed by atoms with van der Waals surface area (Å²) in [5.74, 6) is 0. The summed E-state index contributed by atoms with van der Waals surface area (Å²) in [5, 5.41) is 2.31. The molecule has 1 rings (SSSR count). The summed E-state index contributed by atoms with van der Waals surface area (Å²) < 4.78 is 0. The first-order chi connectivity index (χ1) is 7.29. The fourth-order valence-corrected chi connectivity index (χ4v) is 0.947. The molecule has 1 aromatic heterocycles. The zero-order chi connectivity index (χ0) is 11.5. The maximum atomic E-state index is 4.01. The van der Waals surface area contributed by atoms with Gasteiger partial charge in [0.25, 0.3) is 0 Å². The molecule has 0 aromatic carbocycles. The second-order valence-electron chi connectivity index (χ2n) is 3.20. The van der Waals surface area contributed by atoms with Crippen LogP contribution in [-0.4, -0.2) is 4.98 Å². The monoisotopic (exact) mass is 203 g/mol. The Hall–Kier alpha value is -1.37. The van der Waals surface area contributed by atoms with E-state index in [0.29, 0.717) is 0 Å². The molecule has 15 heavy (non-hydrogen) atoms. The molecule has 0 radical (unpaired) electrons. The van der Waals surface area contributed by atoms with Gasteiger partial charge in [-0.1, -0.05) is 51.5 Å². The van der Waals surface area contributed by atoms with E-state index < -0.39 is 0 Å². The van der Waals surface area contributed by atoms with Crippen molar-refractivity contribution >= 4 is 12.2 Å². The van der Waals surface area contributed by atoms with Gasteiger partial charge in [-0.25, -0.2) is 0 Å². The first kappa shape index (κ1) is 13.6. The highest BCUT2D eigenvalue weighted by atomic mass is 14.6. The van der Waals surface area contributed by atoms with Gasteiger partial charge in [0.1, 0.15) is 0 Å². The fourth-order valence-electron chi connectivity index (χ4n) is 0.947. The van der Waals surface area contributed by atoms with Crippen LogP contribution >= 0.6 is 0 Å². The number of allylic oxidation sites excluding steroid dienone is 1. The summed E-state index contributed by atoms with van der Waals surface area (Å²) in [4.78, 5) is 4.01. The van der Waals surface area contributed by atoms with Gasteiger partial charge in [0.15, 0.2) is 0 Å². The zero-order valence-electron chi connectivity index (χ0n) is 10.0. The highest BCUT2D eigenvalue weighted by Gasteiger charge is 1.79. The van der Waals surface area contributed by atoms with Gasteiger partial charge in [-0.3, -0.25) is 4.98 Å². The third-order valence-electron chi connectivity index (χ3n) is 2.00. The average molecular weight is 203 g/mol. The van der Waals surface area contributed by atoms with Crippen LogP contribution in [0.25, 0.3) is 12.2 Å². The summed E-state index contributed by atoms with van der Waals surface area (Å²) in [5.41, 5.74) is 0. The van der Waals surface area contributed by atoms with Gasteiger partial charge in [0.05, 0.1) is 0 Å². The van der Waals surface area contributed by atoms with Gasteiger partial charge in [-0.05, 0) is 23.4 Å². The quantitative estimate of drug-likeness (QED) is 0.720. The van der Waals surface area contributed by atoms with Crippen molar-refractivity contribution in [1.82, 2.24) is 4.98 Å². The van der Waals surface area contributed by atoms with Crippen molar-refractivity contribution in [3.8, 4) is 0 Å². The molecule has 1 aromatic rings. The predicted molar refractivity (Wildman–Crippen MR) is 68.9 cm³/mol. The van der Waals surface area contributed by atoms with E-state index in [1.807, 2.05) is 25.3 Å². The van der Waals surface area contributed by atoms with Crippen LogP contribution in [0.1, 0.15) is 33.6 Å². The topological polar surface area (TPSA) is 12.9 Å². The smallest absolute Gasteiger partial charge is 0.0346 e. The van der Waals surface area contributed by atoms with E-state index in [9.17, 15) is 0 Å². The van der Waals surface area contributed by atoms with Crippen molar-refractivity contribution < 1.29 is 0 Å². The van der Waals surface area contributed by atoms with Crippen LogP contribution in [0.3, 0.4) is 0 Å². The Morgan fingerprint density at radius 1 is 1.27 bits per heavy atom. The lowest BCUT2D eigenvalue weighted by molar-refractivity contribution is 0.886. The summed E-state index contributed by atoms with van der Waals surface area (Å²) in [6.45, 7) is 10.0. The number of hydrogen-bond acceptors (Lipinski definition) is 1. The number of hydrogen-bond donors (Lipinski definition) is 0. The molecule has 0 aliphatic carbocycles. The van der Waals surface area contributed by atoms with Crippen LogP contribution in [0.4, 0.5) is 0 Å². The van der Waals surface area contributed by atoms with Crippen LogP contribution < -0.4 is 10.4 Å². The minimum Gasteiger partial charge on any atom is -0.264 e. The number of aromatic nitrogens is 1. The third kappa shape index (κ3) is 5.84. The summed E-state index contributed by atoms with van der Waals surface area (Å²) in [6, 6.07) is 1.98. The first-order valence-electron chi connectivity index (χ1n) is 5.49. The molecule has 0 bridgehead atoms. The number of rotatable bonds is 2.